The van der Waals surface area contributed by atoms with Gasteiger partial charge < -0.3 is 4.74 Å². The Bertz CT molecular complexity index is 455. The second-order valence-corrected chi connectivity index (χ2v) is 5.11. The van der Waals surface area contributed by atoms with Crippen molar-refractivity contribution in [3.8, 4) is 0 Å². The molecular formula is C15H22N2O3. The highest BCUT2D eigenvalue weighted by Gasteiger charge is 2.10. The zero-order valence-electron chi connectivity index (χ0n) is 12.5. The highest BCUT2D eigenvalue weighted by molar-refractivity contribution is 5.92. The normalized spacial score (nSPS) is 10.7. The largest absolute Gasteiger partial charge is 0.453 e. The van der Waals surface area contributed by atoms with Crippen molar-refractivity contribution in [2.75, 3.05) is 20.7 Å². The standard InChI is InChI=1S/C15H22N2O3/c1-11(2)13-7-5-12(6-8-13)9-17(3)10-14(18)16-15(19)20-4/h5-8,11H,9-10H2,1-4H3,(H,16,18,19). The fraction of sp³-hybridized carbons (Fsp3) is 0.467. The maximum absolute atomic E-state index is 11.5. The molecule has 0 radical (unpaired) electrons. The minimum Gasteiger partial charge on any atom is -0.453 e. The van der Waals surface area contributed by atoms with E-state index in [1.807, 2.05) is 11.9 Å². The summed E-state index contributed by atoms with van der Waals surface area (Å²) in [5.41, 5.74) is 2.42. The third-order valence-corrected chi connectivity index (χ3v) is 2.94. The number of ether oxygens (including phenoxy) is 1. The van der Waals surface area contributed by atoms with Crippen molar-refractivity contribution < 1.29 is 14.3 Å². The molecule has 1 aromatic carbocycles. The van der Waals surface area contributed by atoms with Crippen molar-refractivity contribution in [2.24, 2.45) is 0 Å². The summed E-state index contributed by atoms with van der Waals surface area (Å²) in [5, 5.41) is 2.13. The Hall–Kier alpha value is -1.88. The summed E-state index contributed by atoms with van der Waals surface area (Å²) in [7, 11) is 3.05. The summed E-state index contributed by atoms with van der Waals surface area (Å²) in [6.45, 7) is 5.09. The topological polar surface area (TPSA) is 58.6 Å². The lowest BCUT2D eigenvalue weighted by Gasteiger charge is -2.16. The molecular weight excluding hydrogens is 256 g/mol. The minimum atomic E-state index is -0.732. The van der Waals surface area contributed by atoms with Gasteiger partial charge in [0.25, 0.3) is 0 Å². The Morgan fingerprint density at radius 1 is 1.25 bits per heavy atom. The third kappa shape index (κ3) is 5.40. The van der Waals surface area contributed by atoms with Crippen molar-refractivity contribution in [2.45, 2.75) is 26.3 Å². The second-order valence-electron chi connectivity index (χ2n) is 5.11. The lowest BCUT2D eigenvalue weighted by atomic mass is 10.0. The number of alkyl carbamates (subject to hydrolysis) is 1. The molecule has 0 aromatic heterocycles. The van der Waals surface area contributed by atoms with E-state index < -0.39 is 6.09 Å². The van der Waals surface area contributed by atoms with E-state index in [1.165, 1.54) is 12.7 Å². The number of hydrogen-bond acceptors (Lipinski definition) is 4. The lowest BCUT2D eigenvalue weighted by Crippen LogP contribution is -2.38. The smallest absolute Gasteiger partial charge is 0.413 e. The van der Waals surface area contributed by atoms with E-state index in [1.54, 1.807) is 0 Å². The molecule has 5 heteroatoms. The summed E-state index contributed by atoms with van der Waals surface area (Å²) >= 11 is 0. The molecule has 0 heterocycles. The van der Waals surface area contributed by atoms with E-state index >= 15 is 0 Å². The van der Waals surface area contributed by atoms with E-state index in [9.17, 15) is 9.59 Å². The predicted molar refractivity (Wildman–Crippen MR) is 77.4 cm³/mol. The van der Waals surface area contributed by atoms with Crippen LogP contribution >= 0.6 is 0 Å². The predicted octanol–water partition coefficient (Wildman–Crippen LogP) is 2.12. The van der Waals surface area contributed by atoms with Crippen LogP contribution in [0.25, 0.3) is 0 Å². The Labute approximate surface area is 119 Å². The van der Waals surface area contributed by atoms with Crippen LogP contribution in [0.15, 0.2) is 24.3 Å². The highest BCUT2D eigenvalue weighted by atomic mass is 16.5. The number of amides is 2. The number of hydrogen-bond donors (Lipinski definition) is 1. The molecule has 0 bridgehead atoms. The maximum Gasteiger partial charge on any atom is 0.413 e. The van der Waals surface area contributed by atoms with Crippen LogP contribution in [-0.4, -0.2) is 37.6 Å². The van der Waals surface area contributed by atoms with Crippen molar-refractivity contribution in [3.63, 3.8) is 0 Å². The first-order valence-corrected chi connectivity index (χ1v) is 6.57. The Balaban J connectivity index is 2.47. The van der Waals surface area contributed by atoms with Gasteiger partial charge in [-0.25, -0.2) is 4.79 Å². The van der Waals surface area contributed by atoms with Crippen LogP contribution in [0.1, 0.15) is 30.9 Å². The van der Waals surface area contributed by atoms with Gasteiger partial charge in [-0.3, -0.25) is 15.0 Å². The summed E-state index contributed by atoms with van der Waals surface area (Å²) in [5.74, 6) is 0.130. The first-order valence-electron chi connectivity index (χ1n) is 6.57. The number of rotatable bonds is 5. The van der Waals surface area contributed by atoms with Crippen molar-refractivity contribution in [1.82, 2.24) is 10.2 Å². The highest BCUT2D eigenvalue weighted by Crippen LogP contribution is 2.15. The zero-order valence-corrected chi connectivity index (χ0v) is 12.5. The van der Waals surface area contributed by atoms with Crippen molar-refractivity contribution in [3.05, 3.63) is 35.4 Å². The van der Waals surface area contributed by atoms with Gasteiger partial charge in [0.15, 0.2) is 0 Å². The number of imide groups is 1. The number of carbonyl (C=O) groups excluding carboxylic acids is 2. The first kappa shape index (κ1) is 16.2. The third-order valence-electron chi connectivity index (χ3n) is 2.94. The van der Waals surface area contributed by atoms with Crippen LogP contribution in [0, 0.1) is 0 Å². The molecule has 0 aliphatic carbocycles. The van der Waals surface area contributed by atoms with Gasteiger partial charge in [-0.2, -0.15) is 0 Å². The number of methoxy groups -OCH3 is 1. The van der Waals surface area contributed by atoms with Crippen molar-refractivity contribution >= 4 is 12.0 Å². The number of benzene rings is 1. The average molecular weight is 278 g/mol. The minimum absolute atomic E-state index is 0.140. The molecule has 1 rings (SSSR count). The van der Waals surface area contributed by atoms with Crippen LogP contribution in [0.2, 0.25) is 0 Å². The van der Waals surface area contributed by atoms with Gasteiger partial charge in [-0.1, -0.05) is 38.1 Å². The van der Waals surface area contributed by atoms with Gasteiger partial charge in [0.2, 0.25) is 5.91 Å². The molecule has 0 aliphatic rings. The van der Waals surface area contributed by atoms with E-state index in [-0.39, 0.29) is 12.5 Å². The lowest BCUT2D eigenvalue weighted by molar-refractivity contribution is -0.121. The Morgan fingerprint density at radius 2 is 1.85 bits per heavy atom. The molecule has 1 aromatic rings. The first-order chi connectivity index (χ1) is 9.42. The summed E-state index contributed by atoms with van der Waals surface area (Å²) < 4.78 is 4.37. The molecule has 5 nitrogen and oxygen atoms in total. The van der Waals surface area contributed by atoms with Gasteiger partial charge in [0.1, 0.15) is 0 Å². The van der Waals surface area contributed by atoms with E-state index in [0.29, 0.717) is 12.5 Å². The van der Waals surface area contributed by atoms with Gasteiger partial charge in [-0.15, -0.1) is 0 Å². The van der Waals surface area contributed by atoms with Crippen LogP contribution < -0.4 is 5.32 Å². The molecule has 0 unspecified atom stereocenters. The molecule has 0 atom stereocenters. The van der Waals surface area contributed by atoms with Gasteiger partial charge in [0, 0.05) is 6.54 Å². The number of likely N-dealkylation sites (N-methyl/N-ethyl adjacent to an activating group) is 1. The van der Waals surface area contributed by atoms with E-state index in [0.717, 1.165) is 5.56 Å². The monoisotopic (exact) mass is 278 g/mol. The zero-order chi connectivity index (χ0) is 15.1. The number of carbonyl (C=O) groups is 2. The quantitative estimate of drug-likeness (QED) is 0.896. The molecule has 0 spiro atoms. The molecule has 2 amide bonds. The van der Waals surface area contributed by atoms with Crippen molar-refractivity contribution in [1.29, 1.82) is 0 Å². The molecule has 0 fully saturated rings. The number of nitrogens with zero attached hydrogens (tertiary/aromatic N) is 1. The summed E-state index contributed by atoms with van der Waals surface area (Å²) in [6.07, 6.45) is -0.732. The molecule has 1 N–H and O–H groups in total. The summed E-state index contributed by atoms with van der Waals surface area (Å²) in [6, 6.07) is 8.32. The molecule has 20 heavy (non-hydrogen) atoms. The molecule has 0 aliphatic heterocycles. The van der Waals surface area contributed by atoms with Crippen LogP contribution in [0.3, 0.4) is 0 Å². The Kier molecular flexibility index (Phi) is 6.18. The van der Waals surface area contributed by atoms with Gasteiger partial charge >= 0.3 is 6.09 Å². The molecule has 110 valence electrons. The molecule has 0 saturated carbocycles. The SMILES string of the molecule is COC(=O)NC(=O)CN(C)Cc1ccc(C(C)C)cc1. The fourth-order valence-electron chi connectivity index (χ4n) is 1.83. The van der Waals surface area contributed by atoms with Gasteiger partial charge in [0.05, 0.1) is 13.7 Å². The van der Waals surface area contributed by atoms with Crippen LogP contribution in [-0.2, 0) is 16.1 Å². The fourth-order valence-corrected chi connectivity index (χ4v) is 1.83. The summed E-state index contributed by atoms with van der Waals surface area (Å²) in [4.78, 5) is 24.2. The Morgan fingerprint density at radius 3 is 2.35 bits per heavy atom. The maximum atomic E-state index is 11.5. The number of nitrogens with one attached hydrogen (secondary N) is 1. The van der Waals surface area contributed by atoms with E-state index in [4.69, 9.17) is 0 Å². The second kappa shape index (κ2) is 7.65. The van der Waals surface area contributed by atoms with Gasteiger partial charge in [-0.05, 0) is 24.1 Å². The van der Waals surface area contributed by atoms with E-state index in [2.05, 4.69) is 48.2 Å². The average Bonchev–Trinajstić information content (AvgIpc) is 2.38. The van der Waals surface area contributed by atoms with Crippen LogP contribution in [0.4, 0.5) is 4.79 Å². The molecule has 0 saturated heterocycles. The van der Waals surface area contributed by atoms with Crippen LogP contribution in [0.5, 0.6) is 0 Å².